The van der Waals surface area contributed by atoms with Crippen LogP contribution in [-0.4, -0.2) is 25.6 Å². The molecule has 1 atom stereocenters. The number of rotatable bonds is 5. The summed E-state index contributed by atoms with van der Waals surface area (Å²) in [5.41, 5.74) is 2.55. The summed E-state index contributed by atoms with van der Waals surface area (Å²) in [5.74, 6) is 0.190. The van der Waals surface area contributed by atoms with Crippen molar-refractivity contribution in [1.29, 1.82) is 0 Å². The molecule has 1 aromatic heterocycles. The van der Waals surface area contributed by atoms with Gasteiger partial charge in [0.1, 0.15) is 12.4 Å². The van der Waals surface area contributed by atoms with Gasteiger partial charge in [-0.3, -0.25) is 14.9 Å². The topological polar surface area (TPSA) is 115 Å². The monoisotopic (exact) mass is 390 g/mol. The predicted octanol–water partition coefficient (Wildman–Crippen LogP) is 2.79. The normalized spacial score (nSPS) is 15.4. The minimum atomic E-state index is -0.635. The van der Waals surface area contributed by atoms with Crippen LogP contribution in [0, 0.1) is 10.1 Å². The van der Waals surface area contributed by atoms with E-state index in [0.29, 0.717) is 29.3 Å². The van der Waals surface area contributed by atoms with Gasteiger partial charge >= 0.3 is 0 Å². The van der Waals surface area contributed by atoms with Crippen LogP contribution in [0.1, 0.15) is 24.1 Å². The van der Waals surface area contributed by atoms with E-state index >= 15 is 0 Å². The molecular formula is C20H18N6O3. The summed E-state index contributed by atoms with van der Waals surface area (Å²) in [6, 6.07) is 15.1. The summed E-state index contributed by atoms with van der Waals surface area (Å²) < 4.78 is 1.56. The third kappa shape index (κ3) is 3.57. The highest BCUT2D eigenvalue weighted by Crippen LogP contribution is 2.35. The Hall–Kier alpha value is -4.01. The van der Waals surface area contributed by atoms with E-state index in [2.05, 4.69) is 20.7 Å². The number of amides is 1. The summed E-state index contributed by atoms with van der Waals surface area (Å²) in [6.45, 7) is 2.14. The minimum Gasteiger partial charge on any atom is -0.348 e. The summed E-state index contributed by atoms with van der Waals surface area (Å²) in [5, 5.41) is 21.5. The van der Waals surface area contributed by atoms with Crippen molar-refractivity contribution < 1.29 is 9.72 Å². The van der Waals surface area contributed by atoms with Gasteiger partial charge in [-0.1, -0.05) is 42.5 Å². The lowest BCUT2D eigenvalue weighted by Gasteiger charge is -2.28. The van der Waals surface area contributed by atoms with Gasteiger partial charge < -0.3 is 10.6 Å². The molecule has 0 fully saturated rings. The molecule has 2 N–H and O–H groups in total. The summed E-state index contributed by atoms with van der Waals surface area (Å²) >= 11 is 0. The highest BCUT2D eigenvalue weighted by atomic mass is 16.6. The van der Waals surface area contributed by atoms with Crippen molar-refractivity contribution in [2.75, 3.05) is 5.32 Å². The van der Waals surface area contributed by atoms with Gasteiger partial charge in [0.2, 0.25) is 5.95 Å². The van der Waals surface area contributed by atoms with Gasteiger partial charge in [0.25, 0.3) is 11.6 Å². The Bertz CT molecular complexity index is 1110. The van der Waals surface area contributed by atoms with Crippen molar-refractivity contribution in [2.24, 2.45) is 0 Å². The molecule has 29 heavy (non-hydrogen) atoms. The van der Waals surface area contributed by atoms with E-state index in [9.17, 15) is 14.9 Å². The van der Waals surface area contributed by atoms with Gasteiger partial charge in [0.15, 0.2) is 0 Å². The van der Waals surface area contributed by atoms with Gasteiger partial charge in [0, 0.05) is 24.4 Å². The number of carbonyl (C=O) groups is 1. The van der Waals surface area contributed by atoms with Crippen molar-refractivity contribution in [3.8, 4) is 0 Å². The number of non-ortho nitro benzene ring substituents is 1. The zero-order valence-electron chi connectivity index (χ0n) is 15.6. The van der Waals surface area contributed by atoms with E-state index in [0.717, 1.165) is 5.56 Å². The predicted molar refractivity (Wildman–Crippen MR) is 106 cm³/mol. The second kappa shape index (κ2) is 7.55. The first kappa shape index (κ1) is 18.4. The van der Waals surface area contributed by atoms with E-state index in [1.54, 1.807) is 23.7 Å². The van der Waals surface area contributed by atoms with Crippen LogP contribution >= 0.6 is 0 Å². The van der Waals surface area contributed by atoms with Gasteiger partial charge in [-0.2, -0.15) is 10.1 Å². The maximum absolute atomic E-state index is 13.1. The Morgan fingerprint density at radius 1 is 1.24 bits per heavy atom. The maximum Gasteiger partial charge on any atom is 0.269 e. The largest absolute Gasteiger partial charge is 0.348 e. The van der Waals surface area contributed by atoms with Crippen molar-refractivity contribution in [3.63, 3.8) is 0 Å². The van der Waals surface area contributed by atoms with Crippen LogP contribution < -0.4 is 10.6 Å². The number of hydrogen-bond donors (Lipinski definition) is 2. The quantitative estimate of drug-likeness (QED) is 0.511. The molecule has 0 saturated carbocycles. The molecule has 146 valence electrons. The zero-order valence-corrected chi connectivity index (χ0v) is 15.6. The molecule has 4 rings (SSSR count). The fourth-order valence-corrected chi connectivity index (χ4v) is 3.38. The van der Waals surface area contributed by atoms with E-state index in [1.807, 2.05) is 30.3 Å². The Morgan fingerprint density at radius 3 is 2.79 bits per heavy atom. The standard InChI is InChI=1S/C20H18N6O3/c1-13-17(19(27)21-11-14-6-3-2-4-7-14)18(25-20(24-13)22-12-23-25)15-8-5-9-16(10-15)26(28)29/h2-10,12,18H,11H2,1H3,(H,21,27)(H,22,23,24)/t18-/m0/s1. The molecule has 0 radical (unpaired) electrons. The van der Waals surface area contributed by atoms with Crippen LogP contribution in [0.3, 0.4) is 0 Å². The lowest BCUT2D eigenvalue weighted by molar-refractivity contribution is -0.384. The van der Waals surface area contributed by atoms with Crippen molar-refractivity contribution in [2.45, 2.75) is 19.5 Å². The number of carbonyl (C=O) groups excluding carboxylic acids is 1. The fraction of sp³-hybridized carbons (Fsp3) is 0.150. The number of nitro benzene ring substituents is 1. The van der Waals surface area contributed by atoms with E-state index in [-0.39, 0.29) is 11.6 Å². The first-order valence-electron chi connectivity index (χ1n) is 8.98. The second-order valence-electron chi connectivity index (χ2n) is 6.61. The molecule has 2 heterocycles. The van der Waals surface area contributed by atoms with Crippen molar-refractivity contribution in [3.05, 3.63) is 93.4 Å². The Kier molecular flexibility index (Phi) is 4.78. The average Bonchev–Trinajstić information content (AvgIpc) is 3.19. The highest BCUT2D eigenvalue weighted by molar-refractivity contribution is 5.96. The van der Waals surface area contributed by atoms with Crippen LogP contribution in [0.4, 0.5) is 11.6 Å². The van der Waals surface area contributed by atoms with Crippen LogP contribution in [0.25, 0.3) is 0 Å². The molecule has 0 unspecified atom stereocenters. The molecule has 9 nitrogen and oxygen atoms in total. The summed E-state index contributed by atoms with van der Waals surface area (Å²) in [7, 11) is 0. The Labute approximate surface area is 166 Å². The number of fused-ring (bicyclic) bond motifs is 1. The van der Waals surface area contributed by atoms with Crippen LogP contribution in [0.5, 0.6) is 0 Å². The van der Waals surface area contributed by atoms with Crippen molar-refractivity contribution in [1.82, 2.24) is 20.1 Å². The first-order chi connectivity index (χ1) is 14.0. The van der Waals surface area contributed by atoms with E-state index < -0.39 is 11.0 Å². The number of aromatic nitrogens is 3. The number of nitrogens with one attached hydrogen (secondary N) is 2. The second-order valence-corrected chi connectivity index (χ2v) is 6.61. The van der Waals surface area contributed by atoms with Gasteiger partial charge in [-0.05, 0) is 18.1 Å². The number of nitro groups is 1. The molecule has 0 spiro atoms. The minimum absolute atomic E-state index is 0.0515. The molecule has 1 aliphatic rings. The maximum atomic E-state index is 13.1. The number of benzene rings is 2. The number of anilines is 1. The molecular weight excluding hydrogens is 372 g/mol. The van der Waals surface area contributed by atoms with Gasteiger partial charge in [0.05, 0.1) is 10.5 Å². The summed E-state index contributed by atoms with van der Waals surface area (Å²) in [6.07, 6.45) is 1.38. The highest BCUT2D eigenvalue weighted by Gasteiger charge is 2.33. The molecule has 3 aromatic rings. The first-order valence-corrected chi connectivity index (χ1v) is 8.98. The van der Waals surface area contributed by atoms with Crippen LogP contribution in [0.2, 0.25) is 0 Å². The van der Waals surface area contributed by atoms with E-state index in [1.165, 1.54) is 18.5 Å². The summed E-state index contributed by atoms with van der Waals surface area (Å²) in [4.78, 5) is 28.1. The van der Waals surface area contributed by atoms with Gasteiger partial charge in [-0.15, -0.1) is 0 Å². The Morgan fingerprint density at radius 2 is 2.03 bits per heavy atom. The van der Waals surface area contributed by atoms with Gasteiger partial charge in [-0.25, -0.2) is 4.68 Å². The Balaban J connectivity index is 1.71. The third-order valence-corrected chi connectivity index (χ3v) is 4.73. The molecule has 1 amide bonds. The lowest BCUT2D eigenvalue weighted by Crippen LogP contribution is -2.34. The molecule has 1 aliphatic heterocycles. The average molecular weight is 390 g/mol. The fourth-order valence-electron chi connectivity index (χ4n) is 3.38. The van der Waals surface area contributed by atoms with Crippen LogP contribution in [0.15, 0.2) is 72.2 Å². The molecule has 9 heteroatoms. The number of hydrogen-bond acceptors (Lipinski definition) is 6. The number of allylic oxidation sites excluding steroid dienone is 1. The zero-order chi connectivity index (χ0) is 20.4. The van der Waals surface area contributed by atoms with E-state index in [4.69, 9.17) is 0 Å². The molecule has 0 saturated heterocycles. The molecule has 2 aromatic carbocycles. The molecule has 0 bridgehead atoms. The lowest BCUT2D eigenvalue weighted by atomic mass is 9.94. The number of nitrogens with zero attached hydrogens (tertiary/aromatic N) is 4. The SMILES string of the molecule is CC1=C(C(=O)NCc2ccccc2)[C@H](c2cccc([N+](=O)[O-])c2)n2ncnc2N1. The smallest absolute Gasteiger partial charge is 0.269 e. The van der Waals surface area contributed by atoms with Crippen LogP contribution in [-0.2, 0) is 11.3 Å². The third-order valence-electron chi connectivity index (χ3n) is 4.73. The van der Waals surface area contributed by atoms with Crippen molar-refractivity contribution >= 4 is 17.5 Å². The molecule has 0 aliphatic carbocycles.